The van der Waals surface area contributed by atoms with Crippen molar-refractivity contribution in [1.82, 2.24) is 10.2 Å². The molecule has 1 N–H and O–H groups in total. The molecule has 2 rings (SSSR count). The van der Waals surface area contributed by atoms with Gasteiger partial charge in [-0.25, -0.2) is 0 Å². The summed E-state index contributed by atoms with van der Waals surface area (Å²) >= 11 is 0. The highest BCUT2D eigenvalue weighted by Crippen LogP contribution is 2.22. The number of hydrogen-bond donors (Lipinski definition) is 1. The van der Waals surface area contributed by atoms with Crippen LogP contribution in [0.2, 0.25) is 0 Å². The number of likely N-dealkylation sites (tertiary alicyclic amines) is 1. The minimum Gasteiger partial charge on any atom is -0.312 e. The van der Waals surface area contributed by atoms with Crippen molar-refractivity contribution in [2.45, 2.75) is 32.7 Å². The van der Waals surface area contributed by atoms with Crippen LogP contribution >= 0.6 is 0 Å². The van der Waals surface area contributed by atoms with Crippen molar-refractivity contribution in [3.05, 3.63) is 0 Å². The molecule has 0 aromatic heterocycles. The van der Waals surface area contributed by atoms with Crippen molar-refractivity contribution >= 4 is 0 Å². The third-order valence-electron chi connectivity index (χ3n) is 3.76. The Bertz CT molecular complexity index is 163. The highest BCUT2D eigenvalue weighted by Gasteiger charge is 2.30. The second-order valence-electron chi connectivity index (χ2n) is 4.82. The van der Waals surface area contributed by atoms with Crippen LogP contribution in [0.3, 0.4) is 0 Å². The summed E-state index contributed by atoms with van der Waals surface area (Å²) in [5, 5.41) is 3.60. The Morgan fingerprint density at radius 1 is 1.38 bits per heavy atom. The van der Waals surface area contributed by atoms with Crippen molar-refractivity contribution < 1.29 is 0 Å². The summed E-state index contributed by atoms with van der Waals surface area (Å²) < 4.78 is 0. The molecule has 0 aromatic carbocycles. The smallest absolute Gasteiger partial charge is 0.0221 e. The van der Waals surface area contributed by atoms with Gasteiger partial charge in [-0.15, -0.1) is 0 Å². The monoisotopic (exact) mass is 182 g/mol. The summed E-state index contributed by atoms with van der Waals surface area (Å²) in [5.41, 5.74) is 0. The molecule has 2 heteroatoms. The summed E-state index contributed by atoms with van der Waals surface area (Å²) in [4.78, 5) is 2.60. The average molecular weight is 182 g/mol. The van der Waals surface area contributed by atoms with E-state index in [2.05, 4.69) is 24.1 Å². The Morgan fingerprint density at radius 3 is 2.69 bits per heavy atom. The molecule has 2 aliphatic heterocycles. The Labute approximate surface area is 81.7 Å². The fraction of sp³-hybridized carbons (Fsp3) is 1.00. The molecule has 13 heavy (non-hydrogen) atoms. The SMILES string of the molecule is CCC1CN(CC2NCCC2C)C1. The maximum absolute atomic E-state index is 3.60. The molecule has 2 saturated heterocycles. The van der Waals surface area contributed by atoms with Gasteiger partial charge >= 0.3 is 0 Å². The molecule has 2 fully saturated rings. The lowest BCUT2D eigenvalue weighted by molar-refractivity contribution is 0.0834. The van der Waals surface area contributed by atoms with E-state index >= 15 is 0 Å². The normalized spacial score (nSPS) is 36.5. The largest absolute Gasteiger partial charge is 0.312 e. The second-order valence-corrected chi connectivity index (χ2v) is 4.82. The molecule has 0 radical (unpaired) electrons. The first-order valence-electron chi connectivity index (χ1n) is 5.75. The molecule has 2 unspecified atom stereocenters. The molecule has 2 nitrogen and oxygen atoms in total. The van der Waals surface area contributed by atoms with E-state index < -0.39 is 0 Å². The lowest BCUT2D eigenvalue weighted by atomic mass is 9.95. The molecule has 2 atom stereocenters. The minimum absolute atomic E-state index is 0.776. The third-order valence-corrected chi connectivity index (χ3v) is 3.76. The van der Waals surface area contributed by atoms with Gasteiger partial charge in [0.05, 0.1) is 0 Å². The van der Waals surface area contributed by atoms with Crippen LogP contribution in [0.5, 0.6) is 0 Å². The highest BCUT2D eigenvalue weighted by molar-refractivity contribution is 4.88. The average Bonchev–Trinajstić information content (AvgIpc) is 2.43. The first kappa shape index (κ1) is 9.47. The zero-order valence-electron chi connectivity index (χ0n) is 8.92. The summed E-state index contributed by atoms with van der Waals surface area (Å²) in [5.74, 6) is 1.89. The molecular weight excluding hydrogens is 160 g/mol. The molecule has 2 aliphatic rings. The quantitative estimate of drug-likeness (QED) is 0.708. The Balaban J connectivity index is 1.68. The topological polar surface area (TPSA) is 15.3 Å². The van der Waals surface area contributed by atoms with Crippen molar-refractivity contribution in [3.8, 4) is 0 Å². The van der Waals surface area contributed by atoms with Gasteiger partial charge in [0, 0.05) is 25.7 Å². The Kier molecular flexibility index (Phi) is 2.89. The lowest BCUT2D eigenvalue weighted by Gasteiger charge is -2.41. The van der Waals surface area contributed by atoms with Gasteiger partial charge in [0.15, 0.2) is 0 Å². The molecular formula is C11H22N2. The fourth-order valence-corrected chi connectivity index (χ4v) is 2.51. The number of hydrogen-bond acceptors (Lipinski definition) is 2. The maximum Gasteiger partial charge on any atom is 0.0221 e. The lowest BCUT2D eigenvalue weighted by Crippen LogP contribution is -2.51. The highest BCUT2D eigenvalue weighted by atomic mass is 15.2. The van der Waals surface area contributed by atoms with Crippen LogP contribution in [0.25, 0.3) is 0 Å². The summed E-state index contributed by atoms with van der Waals surface area (Å²) in [6, 6.07) is 0.776. The van der Waals surface area contributed by atoms with Gasteiger partial charge in [-0.3, -0.25) is 0 Å². The van der Waals surface area contributed by atoms with Crippen molar-refractivity contribution in [2.24, 2.45) is 11.8 Å². The van der Waals surface area contributed by atoms with E-state index in [0.29, 0.717) is 0 Å². The maximum atomic E-state index is 3.60. The summed E-state index contributed by atoms with van der Waals surface area (Å²) in [7, 11) is 0. The van der Waals surface area contributed by atoms with Crippen LogP contribution in [-0.2, 0) is 0 Å². The van der Waals surface area contributed by atoms with E-state index in [-0.39, 0.29) is 0 Å². The van der Waals surface area contributed by atoms with E-state index in [9.17, 15) is 0 Å². The van der Waals surface area contributed by atoms with Crippen molar-refractivity contribution in [2.75, 3.05) is 26.2 Å². The van der Waals surface area contributed by atoms with Gasteiger partial charge in [0.2, 0.25) is 0 Å². The second kappa shape index (κ2) is 3.97. The van der Waals surface area contributed by atoms with Gasteiger partial charge in [0.1, 0.15) is 0 Å². The molecule has 0 aromatic rings. The molecule has 76 valence electrons. The summed E-state index contributed by atoms with van der Waals surface area (Å²) in [6.45, 7) is 9.90. The van der Waals surface area contributed by atoms with Crippen LogP contribution in [0, 0.1) is 11.8 Å². The Hall–Kier alpha value is -0.0800. The zero-order chi connectivity index (χ0) is 9.26. The van der Waals surface area contributed by atoms with Crippen LogP contribution < -0.4 is 5.32 Å². The van der Waals surface area contributed by atoms with Gasteiger partial charge in [-0.1, -0.05) is 20.3 Å². The predicted molar refractivity (Wildman–Crippen MR) is 55.8 cm³/mol. The fourth-order valence-electron chi connectivity index (χ4n) is 2.51. The van der Waals surface area contributed by atoms with Crippen molar-refractivity contribution in [1.29, 1.82) is 0 Å². The standard InChI is InChI=1S/C11H22N2/c1-3-10-6-13(7-10)8-11-9(2)4-5-12-11/h9-12H,3-8H2,1-2H3. The van der Waals surface area contributed by atoms with E-state index in [1.54, 1.807) is 0 Å². The third kappa shape index (κ3) is 2.05. The zero-order valence-corrected chi connectivity index (χ0v) is 8.92. The first-order chi connectivity index (χ1) is 6.29. The molecule has 0 bridgehead atoms. The van der Waals surface area contributed by atoms with Gasteiger partial charge in [0.25, 0.3) is 0 Å². The number of nitrogens with zero attached hydrogens (tertiary/aromatic N) is 1. The van der Waals surface area contributed by atoms with Crippen LogP contribution in [0.1, 0.15) is 26.7 Å². The molecule has 0 saturated carbocycles. The molecule has 0 aliphatic carbocycles. The minimum atomic E-state index is 0.776. The Morgan fingerprint density at radius 2 is 2.15 bits per heavy atom. The molecule has 0 amide bonds. The van der Waals surface area contributed by atoms with E-state index in [1.165, 1.54) is 39.0 Å². The van der Waals surface area contributed by atoms with Crippen LogP contribution in [-0.4, -0.2) is 37.1 Å². The van der Waals surface area contributed by atoms with Gasteiger partial charge < -0.3 is 10.2 Å². The van der Waals surface area contributed by atoms with Gasteiger partial charge in [-0.2, -0.15) is 0 Å². The van der Waals surface area contributed by atoms with E-state index in [1.807, 2.05) is 0 Å². The molecule has 2 heterocycles. The van der Waals surface area contributed by atoms with Crippen LogP contribution in [0.15, 0.2) is 0 Å². The van der Waals surface area contributed by atoms with Gasteiger partial charge in [-0.05, 0) is 24.8 Å². The molecule has 0 spiro atoms. The number of nitrogens with one attached hydrogen (secondary N) is 1. The predicted octanol–water partition coefficient (Wildman–Crippen LogP) is 1.33. The van der Waals surface area contributed by atoms with Crippen molar-refractivity contribution in [3.63, 3.8) is 0 Å². The van der Waals surface area contributed by atoms with E-state index in [4.69, 9.17) is 0 Å². The summed E-state index contributed by atoms with van der Waals surface area (Å²) in [6.07, 6.45) is 2.74. The first-order valence-corrected chi connectivity index (χ1v) is 5.75. The number of rotatable bonds is 3. The van der Waals surface area contributed by atoms with Crippen LogP contribution in [0.4, 0.5) is 0 Å². The van der Waals surface area contributed by atoms with E-state index in [0.717, 1.165) is 17.9 Å².